The molecule has 0 fully saturated rings. The minimum Gasteiger partial charge on any atom is -0.248 e. The summed E-state index contributed by atoms with van der Waals surface area (Å²) in [6, 6.07) is 9.77. The molecule has 2 heterocycles. The van der Waals surface area contributed by atoms with Gasteiger partial charge < -0.3 is 0 Å². The molecule has 0 N–H and O–H groups in total. The van der Waals surface area contributed by atoms with E-state index in [0.29, 0.717) is 8.83 Å². The molecule has 2 aromatic carbocycles. The molecule has 182 valence electrons. The van der Waals surface area contributed by atoms with E-state index in [1.165, 1.54) is 36.4 Å². The molecule has 0 aromatic heterocycles. The van der Waals surface area contributed by atoms with Crippen LogP contribution in [-0.2, 0) is 0 Å². The van der Waals surface area contributed by atoms with Crippen molar-refractivity contribution in [2.45, 2.75) is 24.7 Å². The number of hydrazine groups is 2. The smallest absolute Gasteiger partial charge is 0.248 e. The maximum Gasteiger partial charge on any atom is 0.426 e. The van der Waals surface area contributed by atoms with Crippen molar-refractivity contribution in [2.24, 2.45) is 9.98 Å². The second-order valence-corrected chi connectivity index (χ2v) is 8.65. The van der Waals surface area contributed by atoms with Gasteiger partial charge in [-0.2, -0.15) is 26.3 Å². The van der Waals surface area contributed by atoms with E-state index >= 15 is 0 Å². The summed E-state index contributed by atoms with van der Waals surface area (Å²) >= 11 is 0. The van der Waals surface area contributed by atoms with Crippen molar-refractivity contribution in [1.29, 1.82) is 0 Å². The normalized spacial score (nSPS) is 21.8. The van der Waals surface area contributed by atoms with E-state index in [4.69, 9.17) is 0 Å². The molecule has 0 radical (unpaired) electrons. The SMILES string of the molecule is Fc1ccccc1N1C=NC(C(F)(F)F)N1SSN1C(C(F)(F)F)N=CN1c1ccccc1F. The van der Waals surface area contributed by atoms with Gasteiger partial charge in [0.15, 0.2) is 0 Å². The first-order chi connectivity index (χ1) is 16.0. The summed E-state index contributed by atoms with van der Waals surface area (Å²) in [5, 5.41) is 1.47. The molecule has 2 unspecified atom stereocenters. The van der Waals surface area contributed by atoms with Crippen LogP contribution in [0, 0.1) is 11.6 Å². The molecule has 0 spiro atoms. The topological polar surface area (TPSA) is 37.7 Å². The van der Waals surface area contributed by atoms with Crippen LogP contribution in [-0.4, -0.2) is 46.2 Å². The lowest BCUT2D eigenvalue weighted by Crippen LogP contribution is -2.47. The zero-order chi connectivity index (χ0) is 24.7. The third-order valence-electron chi connectivity index (χ3n) is 4.45. The predicted molar refractivity (Wildman–Crippen MR) is 113 cm³/mol. The Hall–Kier alpha value is -2.56. The predicted octanol–water partition coefficient (Wildman–Crippen LogP) is 5.78. The number of anilines is 2. The number of halogens is 8. The lowest BCUT2D eigenvalue weighted by atomic mass is 10.3. The van der Waals surface area contributed by atoms with E-state index in [1.807, 2.05) is 0 Å². The van der Waals surface area contributed by atoms with E-state index in [0.717, 1.165) is 34.8 Å². The summed E-state index contributed by atoms with van der Waals surface area (Å²) in [6.07, 6.45) is -13.4. The van der Waals surface area contributed by atoms with Crippen molar-refractivity contribution in [3.63, 3.8) is 0 Å². The molecule has 2 aliphatic rings. The third kappa shape index (κ3) is 4.80. The first-order valence-electron chi connectivity index (χ1n) is 9.19. The molecule has 0 aliphatic carbocycles. The van der Waals surface area contributed by atoms with Crippen molar-refractivity contribution in [3.05, 3.63) is 60.2 Å². The largest absolute Gasteiger partial charge is 0.426 e. The fraction of sp³-hybridized carbons (Fsp3) is 0.222. The van der Waals surface area contributed by atoms with Gasteiger partial charge in [-0.25, -0.2) is 28.8 Å². The molecule has 0 bridgehead atoms. The van der Waals surface area contributed by atoms with Crippen LogP contribution in [0.25, 0.3) is 0 Å². The minimum atomic E-state index is -4.93. The van der Waals surface area contributed by atoms with Crippen molar-refractivity contribution in [2.75, 3.05) is 10.0 Å². The van der Waals surface area contributed by atoms with E-state index < -0.39 is 36.3 Å². The van der Waals surface area contributed by atoms with Crippen LogP contribution in [0.4, 0.5) is 46.5 Å². The maximum absolute atomic E-state index is 14.3. The summed E-state index contributed by atoms with van der Waals surface area (Å²) in [5.41, 5.74) is -0.607. The lowest BCUT2D eigenvalue weighted by Gasteiger charge is -2.34. The number of para-hydroxylation sites is 2. The summed E-state index contributed by atoms with van der Waals surface area (Å²) in [5.74, 6) is -1.75. The van der Waals surface area contributed by atoms with Gasteiger partial charge in [0.1, 0.15) is 24.3 Å². The third-order valence-corrected chi connectivity index (χ3v) is 6.69. The van der Waals surface area contributed by atoms with Crippen LogP contribution in [0.3, 0.4) is 0 Å². The molecule has 34 heavy (non-hydrogen) atoms. The number of aliphatic imine (C=N–C) groups is 2. The van der Waals surface area contributed by atoms with Crippen molar-refractivity contribution >= 4 is 46.0 Å². The first-order valence-corrected chi connectivity index (χ1v) is 11.3. The van der Waals surface area contributed by atoms with Gasteiger partial charge in [-0.1, -0.05) is 24.3 Å². The highest BCUT2D eigenvalue weighted by atomic mass is 33.1. The number of benzene rings is 2. The zero-order valence-corrected chi connectivity index (χ0v) is 18.1. The van der Waals surface area contributed by atoms with Gasteiger partial charge in [-0.3, -0.25) is 0 Å². The highest BCUT2D eigenvalue weighted by molar-refractivity contribution is 8.74. The van der Waals surface area contributed by atoms with Gasteiger partial charge in [-0.05, 0) is 24.3 Å². The Balaban J connectivity index is 1.64. The molecular formula is C18H12F8N6S2. The quantitative estimate of drug-likeness (QED) is 0.278. The average Bonchev–Trinajstić information content (AvgIpc) is 3.37. The zero-order valence-electron chi connectivity index (χ0n) is 16.5. The summed E-state index contributed by atoms with van der Waals surface area (Å²) in [6.45, 7) is 0. The van der Waals surface area contributed by atoms with Crippen molar-refractivity contribution < 1.29 is 35.1 Å². The van der Waals surface area contributed by atoms with E-state index in [2.05, 4.69) is 9.98 Å². The van der Waals surface area contributed by atoms with Gasteiger partial charge in [0.2, 0.25) is 12.3 Å². The van der Waals surface area contributed by atoms with E-state index in [1.54, 1.807) is 0 Å². The van der Waals surface area contributed by atoms with Crippen LogP contribution in [0.2, 0.25) is 0 Å². The average molecular weight is 528 g/mol. The molecule has 6 nitrogen and oxygen atoms in total. The fourth-order valence-corrected chi connectivity index (χ4v) is 5.34. The van der Waals surface area contributed by atoms with Crippen LogP contribution in [0.1, 0.15) is 0 Å². The molecule has 0 saturated heterocycles. The van der Waals surface area contributed by atoms with Gasteiger partial charge in [-0.15, -0.1) is 8.83 Å². The summed E-state index contributed by atoms with van der Waals surface area (Å²) < 4.78 is 111. The van der Waals surface area contributed by atoms with Gasteiger partial charge >= 0.3 is 12.4 Å². The Kier molecular flexibility index (Phi) is 6.67. The fourth-order valence-electron chi connectivity index (χ4n) is 2.96. The lowest BCUT2D eigenvalue weighted by molar-refractivity contribution is -0.165. The molecule has 4 rings (SSSR count). The summed E-state index contributed by atoms with van der Waals surface area (Å²) in [7, 11) is 0.396. The van der Waals surface area contributed by atoms with Crippen molar-refractivity contribution in [1.82, 2.24) is 8.83 Å². The Labute approximate surface area is 195 Å². The van der Waals surface area contributed by atoms with Crippen LogP contribution in [0.15, 0.2) is 58.5 Å². The Morgan fingerprint density at radius 3 is 1.29 bits per heavy atom. The number of alkyl halides is 6. The molecule has 0 amide bonds. The molecule has 2 aliphatic heterocycles. The first kappa shape index (κ1) is 24.6. The van der Waals surface area contributed by atoms with Gasteiger partial charge in [0.25, 0.3) is 0 Å². The number of hydrogen-bond acceptors (Lipinski definition) is 8. The number of rotatable bonds is 5. The maximum atomic E-state index is 14.3. The van der Waals surface area contributed by atoms with Crippen LogP contribution >= 0.6 is 22.0 Å². The van der Waals surface area contributed by atoms with E-state index in [-0.39, 0.29) is 33.3 Å². The minimum absolute atomic E-state index is 0.198. The second-order valence-electron chi connectivity index (χ2n) is 6.71. The molecule has 16 heteroatoms. The molecule has 0 saturated carbocycles. The Morgan fingerprint density at radius 2 is 0.971 bits per heavy atom. The highest BCUT2D eigenvalue weighted by Gasteiger charge is 2.53. The van der Waals surface area contributed by atoms with Crippen molar-refractivity contribution in [3.8, 4) is 0 Å². The van der Waals surface area contributed by atoms with Gasteiger partial charge in [0, 0.05) is 22.0 Å². The second kappa shape index (κ2) is 9.24. The van der Waals surface area contributed by atoms with Gasteiger partial charge in [0.05, 0.1) is 11.4 Å². The van der Waals surface area contributed by atoms with Crippen LogP contribution in [0.5, 0.6) is 0 Å². The van der Waals surface area contributed by atoms with Crippen LogP contribution < -0.4 is 10.0 Å². The summed E-state index contributed by atoms with van der Waals surface area (Å²) in [4.78, 5) is 6.69. The monoisotopic (exact) mass is 528 g/mol. The molecule has 2 atom stereocenters. The standard InChI is InChI=1S/C18H12F8N6S2/c19-11-5-1-3-7-13(11)29-9-27-15(17(21,22)23)31(29)33-34-32-16(18(24,25)26)28-10-30(32)14-8-4-2-6-12(14)20/h1-10,15-16H. The number of hydrogen-bond donors (Lipinski definition) is 0. The van der Waals surface area contributed by atoms with E-state index in [9.17, 15) is 35.1 Å². The Morgan fingerprint density at radius 1 is 0.618 bits per heavy atom. The Bertz CT molecular complexity index is 1010. The molecule has 2 aromatic rings. The number of nitrogens with zero attached hydrogens (tertiary/aromatic N) is 6. The highest BCUT2D eigenvalue weighted by Crippen LogP contribution is 2.46. The molecular weight excluding hydrogens is 516 g/mol.